The molecule has 0 amide bonds. The number of nitrogens with zero attached hydrogens (tertiary/aromatic N) is 4. The zero-order chi connectivity index (χ0) is 13.2. The third-order valence-corrected chi connectivity index (χ3v) is 3.05. The zero-order valence-corrected chi connectivity index (χ0v) is 11.0. The van der Waals surface area contributed by atoms with Gasteiger partial charge in [-0.3, -0.25) is 9.97 Å². The molecule has 0 fully saturated rings. The number of aryl methyl sites for hydroxylation is 2. The highest BCUT2D eigenvalue weighted by Crippen LogP contribution is 2.17. The van der Waals surface area contributed by atoms with Crippen LogP contribution in [-0.4, -0.2) is 19.5 Å². The normalized spacial score (nSPS) is 10.8. The molecule has 1 N–H and O–H groups in total. The van der Waals surface area contributed by atoms with Crippen LogP contribution < -0.4 is 5.32 Å². The van der Waals surface area contributed by atoms with E-state index in [4.69, 9.17) is 0 Å². The minimum absolute atomic E-state index is 0.616. The Balaban J connectivity index is 1.82. The molecule has 0 bridgehead atoms. The second-order valence-corrected chi connectivity index (χ2v) is 4.49. The molecule has 0 aliphatic carbocycles. The molecule has 5 heteroatoms. The summed E-state index contributed by atoms with van der Waals surface area (Å²) in [4.78, 5) is 13.1. The summed E-state index contributed by atoms with van der Waals surface area (Å²) < 4.78 is 2.04. The van der Waals surface area contributed by atoms with E-state index in [0.29, 0.717) is 6.54 Å². The number of rotatable bonds is 3. The van der Waals surface area contributed by atoms with E-state index < -0.39 is 0 Å². The van der Waals surface area contributed by atoms with Gasteiger partial charge in [0, 0.05) is 13.2 Å². The smallest absolute Gasteiger partial charge is 0.203 e. The molecule has 3 aromatic rings. The number of fused-ring (bicyclic) bond motifs is 1. The third-order valence-electron chi connectivity index (χ3n) is 3.05. The predicted octanol–water partition coefficient (Wildman–Crippen LogP) is 2.28. The van der Waals surface area contributed by atoms with Crippen LogP contribution in [0.25, 0.3) is 11.0 Å². The van der Waals surface area contributed by atoms with Crippen molar-refractivity contribution in [2.45, 2.75) is 13.5 Å². The Labute approximate surface area is 111 Å². The van der Waals surface area contributed by atoms with Gasteiger partial charge in [0.05, 0.1) is 35.2 Å². The van der Waals surface area contributed by atoms with Crippen LogP contribution in [0.1, 0.15) is 11.4 Å². The first-order valence-corrected chi connectivity index (χ1v) is 6.17. The fourth-order valence-corrected chi connectivity index (χ4v) is 1.98. The Hall–Kier alpha value is -2.43. The number of anilines is 1. The largest absolute Gasteiger partial charge is 0.350 e. The highest BCUT2D eigenvalue weighted by molar-refractivity contribution is 5.78. The quantitative estimate of drug-likeness (QED) is 0.778. The number of imidazole rings is 1. The van der Waals surface area contributed by atoms with Crippen molar-refractivity contribution in [3.05, 3.63) is 48.0 Å². The maximum absolute atomic E-state index is 4.55. The summed E-state index contributed by atoms with van der Waals surface area (Å²) in [6, 6.07) is 8.06. The molecule has 0 radical (unpaired) electrons. The number of hydrogen-bond donors (Lipinski definition) is 1. The Morgan fingerprint density at radius 3 is 2.74 bits per heavy atom. The van der Waals surface area contributed by atoms with Crippen molar-refractivity contribution in [3.8, 4) is 0 Å². The molecule has 0 atom stereocenters. The minimum Gasteiger partial charge on any atom is -0.350 e. The summed E-state index contributed by atoms with van der Waals surface area (Å²) in [6.07, 6.45) is 3.55. The lowest BCUT2D eigenvalue weighted by molar-refractivity contribution is 0.907. The van der Waals surface area contributed by atoms with Crippen LogP contribution in [0.15, 0.2) is 36.7 Å². The molecule has 19 heavy (non-hydrogen) atoms. The molecule has 0 unspecified atom stereocenters. The highest BCUT2D eigenvalue weighted by atomic mass is 15.2. The third kappa shape index (κ3) is 2.27. The van der Waals surface area contributed by atoms with Crippen LogP contribution >= 0.6 is 0 Å². The van der Waals surface area contributed by atoms with Gasteiger partial charge in [0.15, 0.2) is 0 Å². The second-order valence-electron chi connectivity index (χ2n) is 4.49. The molecule has 0 spiro atoms. The predicted molar refractivity (Wildman–Crippen MR) is 74.8 cm³/mol. The lowest BCUT2D eigenvalue weighted by Gasteiger charge is -2.05. The van der Waals surface area contributed by atoms with Crippen molar-refractivity contribution >= 4 is 17.0 Å². The van der Waals surface area contributed by atoms with E-state index in [1.807, 2.05) is 36.7 Å². The molecule has 0 aliphatic rings. The Morgan fingerprint density at radius 2 is 2.00 bits per heavy atom. The molecular formula is C14H15N5. The van der Waals surface area contributed by atoms with Gasteiger partial charge in [0.1, 0.15) is 0 Å². The molecule has 0 saturated heterocycles. The van der Waals surface area contributed by atoms with E-state index in [0.717, 1.165) is 28.4 Å². The molecule has 3 rings (SSSR count). The van der Waals surface area contributed by atoms with Crippen LogP contribution in [-0.2, 0) is 13.6 Å². The van der Waals surface area contributed by atoms with Gasteiger partial charge in [-0.25, -0.2) is 4.98 Å². The molecule has 0 saturated carbocycles. The maximum atomic E-state index is 4.55. The van der Waals surface area contributed by atoms with Crippen LogP contribution in [0.3, 0.4) is 0 Å². The standard InChI is InChI=1S/C14H15N5/c1-10-7-16-11(8-15-10)9-17-14-18-12-5-3-4-6-13(12)19(14)2/h3-8H,9H2,1-2H3,(H,17,18). The molecule has 0 aliphatic heterocycles. The number of hydrogen-bond acceptors (Lipinski definition) is 4. The molecule has 1 aromatic carbocycles. The lowest BCUT2D eigenvalue weighted by atomic mass is 10.3. The molecule has 5 nitrogen and oxygen atoms in total. The summed E-state index contributed by atoms with van der Waals surface area (Å²) >= 11 is 0. The van der Waals surface area contributed by atoms with E-state index in [1.165, 1.54) is 0 Å². The van der Waals surface area contributed by atoms with E-state index >= 15 is 0 Å². The summed E-state index contributed by atoms with van der Waals surface area (Å²) in [5, 5.41) is 3.29. The van der Waals surface area contributed by atoms with Gasteiger partial charge in [-0.2, -0.15) is 0 Å². The van der Waals surface area contributed by atoms with Gasteiger partial charge >= 0.3 is 0 Å². The Morgan fingerprint density at radius 1 is 1.16 bits per heavy atom. The molecule has 2 heterocycles. The van der Waals surface area contributed by atoms with Crippen molar-refractivity contribution in [2.24, 2.45) is 7.05 Å². The van der Waals surface area contributed by atoms with Crippen LogP contribution in [0.4, 0.5) is 5.95 Å². The first kappa shape index (κ1) is 11.6. The average molecular weight is 253 g/mol. The molecule has 2 aromatic heterocycles. The summed E-state index contributed by atoms with van der Waals surface area (Å²) in [7, 11) is 2.00. The van der Waals surface area contributed by atoms with Crippen molar-refractivity contribution in [3.63, 3.8) is 0 Å². The Bertz CT molecular complexity index is 699. The van der Waals surface area contributed by atoms with Crippen molar-refractivity contribution < 1.29 is 0 Å². The molecule has 96 valence electrons. The lowest BCUT2D eigenvalue weighted by Crippen LogP contribution is -2.06. The van der Waals surface area contributed by atoms with Gasteiger partial charge in [-0.1, -0.05) is 12.1 Å². The minimum atomic E-state index is 0.616. The van der Waals surface area contributed by atoms with Gasteiger partial charge < -0.3 is 9.88 Å². The van der Waals surface area contributed by atoms with E-state index in [9.17, 15) is 0 Å². The first-order valence-electron chi connectivity index (χ1n) is 6.17. The first-order chi connectivity index (χ1) is 9.24. The average Bonchev–Trinajstić information content (AvgIpc) is 2.76. The SMILES string of the molecule is Cc1cnc(CNc2nc3ccccc3n2C)cn1. The van der Waals surface area contributed by atoms with Crippen molar-refractivity contribution in [2.75, 3.05) is 5.32 Å². The van der Waals surface area contributed by atoms with Crippen LogP contribution in [0, 0.1) is 6.92 Å². The summed E-state index contributed by atoms with van der Waals surface area (Å²) in [5.41, 5.74) is 3.92. The fraction of sp³-hybridized carbons (Fsp3) is 0.214. The van der Waals surface area contributed by atoms with Crippen LogP contribution in [0.2, 0.25) is 0 Å². The van der Waals surface area contributed by atoms with E-state index in [-0.39, 0.29) is 0 Å². The highest BCUT2D eigenvalue weighted by Gasteiger charge is 2.06. The summed E-state index contributed by atoms with van der Waals surface area (Å²) in [6.45, 7) is 2.54. The van der Waals surface area contributed by atoms with Gasteiger partial charge in [0.25, 0.3) is 0 Å². The molecular weight excluding hydrogens is 238 g/mol. The maximum Gasteiger partial charge on any atom is 0.203 e. The monoisotopic (exact) mass is 253 g/mol. The fourth-order valence-electron chi connectivity index (χ4n) is 1.98. The van der Waals surface area contributed by atoms with Gasteiger partial charge in [-0.05, 0) is 19.1 Å². The second kappa shape index (κ2) is 4.68. The van der Waals surface area contributed by atoms with Crippen LogP contribution in [0.5, 0.6) is 0 Å². The van der Waals surface area contributed by atoms with E-state index in [1.54, 1.807) is 12.4 Å². The van der Waals surface area contributed by atoms with E-state index in [2.05, 4.69) is 26.3 Å². The van der Waals surface area contributed by atoms with Crippen molar-refractivity contribution in [1.82, 2.24) is 19.5 Å². The van der Waals surface area contributed by atoms with Gasteiger partial charge in [0.2, 0.25) is 5.95 Å². The number of nitrogens with one attached hydrogen (secondary N) is 1. The number of para-hydroxylation sites is 2. The van der Waals surface area contributed by atoms with Crippen molar-refractivity contribution in [1.29, 1.82) is 0 Å². The summed E-state index contributed by atoms with van der Waals surface area (Å²) in [5.74, 6) is 0.837. The Kier molecular flexibility index (Phi) is 2.87. The number of aromatic nitrogens is 4. The van der Waals surface area contributed by atoms with Gasteiger partial charge in [-0.15, -0.1) is 0 Å². The zero-order valence-electron chi connectivity index (χ0n) is 11.0. The number of benzene rings is 1. The topological polar surface area (TPSA) is 55.6 Å².